The third-order valence-electron chi connectivity index (χ3n) is 2.03. The number of rotatable bonds is 4. The van der Waals surface area contributed by atoms with Crippen LogP contribution in [0.25, 0.3) is 0 Å². The molecule has 1 aromatic rings. The summed E-state index contributed by atoms with van der Waals surface area (Å²) in [6, 6.07) is 0.476. The second-order valence-corrected chi connectivity index (χ2v) is 3.28. The number of ether oxygens (including phenoxy) is 3. The fourth-order valence-electron chi connectivity index (χ4n) is 1.26. The molecular formula is C10H8F5NO4. The lowest BCUT2D eigenvalue weighted by molar-refractivity contribution is -0.276. The van der Waals surface area contributed by atoms with Gasteiger partial charge in [0.05, 0.1) is 19.8 Å². The van der Waals surface area contributed by atoms with Crippen LogP contribution in [-0.2, 0) is 4.74 Å². The molecule has 10 heteroatoms. The van der Waals surface area contributed by atoms with Gasteiger partial charge in [0.2, 0.25) is 11.8 Å². The first-order valence-corrected chi connectivity index (χ1v) is 4.90. The molecule has 0 saturated carbocycles. The minimum Gasteiger partial charge on any atom is -0.480 e. The van der Waals surface area contributed by atoms with Crippen LogP contribution in [-0.4, -0.2) is 31.5 Å². The molecule has 0 spiro atoms. The van der Waals surface area contributed by atoms with Gasteiger partial charge in [-0.15, -0.1) is 13.2 Å². The first-order valence-electron chi connectivity index (χ1n) is 4.90. The molecule has 1 rings (SSSR count). The first kappa shape index (κ1) is 15.9. The molecule has 0 aliphatic rings. The van der Waals surface area contributed by atoms with Crippen LogP contribution in [0.3, 0.4) is 0 Å². The van der Waals surface area contributed by atoms with Gasteiger partial charge in [0.1, 0.15) is 5.56 Å². The molecule has 1 aromatic heterocycles. The summed E-state index contributed by atoms with van der Waals surface area (Å²) in [5.41, 5.74) is -1.75. The van der Waals surface area contributed by atoms with E-state index in [0.717, 1.165) is 14.2 Å². The number of esters is 1. The third-order valence-corrected chi connectivity index (χ3v) is 2.03. The van der Waals surface area contributed by atoms with Gasteiger partial charge in [-0.05, 0) is 6.07 Å². The second-order valence-electron chi connectivity index (χ2n) is 3.28. The molecule has 0 aliphatic heterocycles. The van der Waals surface area contributed by atoms with Crippen molar-refractivity contribution in [1.82, 2.24) is 4.98 Å². The van der Waals surface area contributed by atoms with Gasteiger partial charge in [0.15, 0.2) is 0 Å². The third kappa shape index (κ3) is 3.68. The Kier molecular flexibility index (Phi) is 4.69. The zero-order chi connectivity index (χ0) is 15.5. The number of hydrogen-bond acceptors (Lipinski definition) is 5. The van der Waals surface area contributed by atoms with Gasteiger partial charge in [0, 0.05) is 0 Å². The monoisotopic (exact) mass is 301 g/mol. The highest BCUT2D eigenvalue weighted by molar-refractivity contribution is 5.92. The van der Waals surface area contributed by atoms with Crippen molar-refractivity contribution in [2.75, 3.05) is 14.2 Å². The molecule has 0 aliphatic carbocycles. The van der Waals surface area contributed by atoms with E-state index in [9.17, 15) is 26.7 Å². The zero-order valence-corrected chi connectivity index (χ0v) is 10.1. The largest absolute Gasteiger partial charge is 0.574 e. The highest BCUT2D eigenvalue weighted by Crippen LogP contribution is 2.35. The maximum Gasteiger partial charge on any atom is 0.574 e. The lowest BCUT2D eigenvalue weighted by Crippen LogP contribution is -2.20. The molecule has 0 bridgehead atoms. The number of alkyl halides is 5. The van der Waals surface area contributed by atoms with Crippen LogP contribution in [0.4, 0.5) is 22.0 Å². The summed E-state index contributed by atoms with van der Waals surface area (Å²) in [4.78, 5) is 14.4. The molecule has 0 amide bonds. The van der Waals surface area contributed by atoms with Crippen molar-refractivity contribution in [3.05, 3.63) is 17.2 Å². The Hall–Kier alpha value is -2.13. The Morgan fingerprint density at radius 2 is 1.85 bits per heavy atom. The molecule has 0 saturated heterocycles. The Morgan fingerprint density at radius 1 is 1.25 bits per heavy atom. The van der Waals surface area contributed by atoms with Gasteiger partial charge in [-0.3, -0.25) is 0 Å². The van der Waals surface area contributed by atoms with Gasteiger partial charge in [-0.2, -0.15) is 4.98 Å². The van der Waals surface area contributed by atoms with E-state index in [0.29, 0.717) is 6.07 Å². The number of pyridine rings is 1. The lowest BCUT2D eigenvalue weighted by Gasteiger charge is -2.14. The summed E-state index contributed by atoms with van der Waals surface area (Å²) in [7, 11) is 1.96. The molecule has 0 atom stereocenters. The SMILES string of the molecule is COC(=O)c1cc(C(F)F)c(OC(F)(F)F)nc1OC. The summed E-state index contributed by atoms with van der Waals surface area (Å²) in [5.74, 6) is -3.10. The Bertz CT molecular complexity index is 503. The van der Waals surface area contributed by atoms with Crippen LogP contribution in [0, 0.1) is 0 Å². The van der Waals surface area contributed by atoms with E-state index in [1.165, 1.54) is 0 Å². The van der Waals surface area contributed by atoms with Crippen molar-refractivity contribution in [2.24, 2.45) is 0 Å². The normalized spacial score (nSPS) is 11.4. The van der Waals surface area contributed by atoms with E-state index >= 15 is 0 Å². The number of carbonyl (C=O) groups is 1. The van der Waals surface area contributed by atoms with Crippen LogP contribution in [0.2, 0.25) is 0 Å². The highest BCUT2D eigenvalue weighted by atomic mass is 19.4. The minimum absolute atomic E-state index is 0.476. The van der Waals surface area contributed by atoms with Gasteiger partial charge >= 0.3 is 12.3 Å². The number of nitrogens with zero attached hydrogens (tertiary/aromatic N) is 1. The number of methoxy groups -OCH3 is 2. The quantitative estimate of drug-likeness (QED) is 0.632. The van der Waals surface area contributed by atoms with Crippen molar-refractivity contribution in [3.63, 3.8) is 0 Å². The predicted molar refractivity (Wildman–Crippen MR) is 53.8 cm³/mol. The zero-order valence-electron chi connectivity index (χ0n) is 10.1. The van der Waals surface area contributed by atoms with Gasteiger partial charge < -0.3 is 14.2 Å². The van der Waals surface area contributed by atoms with Crippen molar-refractivity contribution in [3.8, 4) is 11.8 Å². The molecular weight excluding hydrogens is 293 g/mol. The molecule has 1 heterocycles. The van der Waals surface area contributed by atoms with Crippen LogP contribution >= 0.6 is 0 Å². The summed E-state index contributed by atoms with van der Waals surface area (Å²) in [5, 5.41) is 0. The van der Waals surface area contributed by atoms with Crippen molar-refractivity contribution in [2.45, 2.75) is 12.8 Å². The van der Waals surface area contributed by atoms with Crippen molar-refractivity contribution in [1.29, 1.82) is 0 Å². The minimum atomic E-state index is -5.21. The number of aromatic nitrogens is 1. The maximum absolute atomic E-state index is 12.7. The molecule has 0 aromatic carbocycles. The standard InChI is InChI=1S/C10H8F5NO4/c1-18-7-5(9(17)19-2)3-4(6(11)12)8(16-7)20-10(13,14)15/h3,6H,1-2H3. The molecule has 5 nitrogen and oxygen atoms in total. The van der Waals surface area contributed by atoms with Crippen LogP contribution in [0.15, 0.2) is 6.07 Å². The Labute approximate surface area is 109 Å². The van der Waals surface area contributed by atoms with E-state index in [2.05, 4.69) is 19.2 Å². The molecule has 20 heavy (non-hydrogen) atoms. The first-order chi connectivity index (χ1) is 9.19. The van der Waals surface area contributed by atoms with Gasteiger partial charge in [0.25, 0.3) is 6.43 Å². The fraction of sp³-hybridized carbons (Fsp3) is 0.400. The van der Waals surface area contributed by atoms with Crippen molar-refractivity contribution < 1.29 is 41.0 Å². The van der Waals surface area contributed by atoms with E-state index in [1.807, 2.05) is 0 Å². The summed E-state index contributed by atoms with van der Waals surface area (Å²) < 4.78 is 74.0. The van der Waals surface area contributed by atoms with E-state index in [1.54, 1.807) is 0 Å². The van der Waals surface area contributed by atoms with Gasteiger partial charge in [-0.25, -0.2) is 13.6 Å². The average Bonchev–Trinajstić information content (AvgIpc) is 2.35. The predicted octanol–water partition coefficient (Wildman–Crippen LogP) is 2.71. The lowest BCUT2D eigenvalue weighted by atomic mass is 10.2. The smallest absolute Gasteiger partial charge is 0.480 e. The van der Waals surface area contributed by atoms with Crippen molar-refractivity contribution >= 4 is 5.97 Å². The van der Waals surface area contributed by atoms with Crippen LogP contribution in [0.1, 0.15) is 22.3 Å². The van der Waals surface area contributed by atoms with E-state index in [4.69, 9.17) is 0 Å². The molecule has 112 valence electrons. The van der Waals surface area contributed by atoms with E-state index < -0.39 is 41.6 Å². The average molecular weight is 301 g/mol. The van der Waals surface area contributed by atoms with Crippen LogP contribution in [0.5, 0.6) is 11.8 Å². The Morgan fingerprint density at radius 3 is 2.25 bits per heavy atom. The molecule has 0 N–H and O–H groups in total. The molecule has 0 unspecified atom stereocenters. The maximum atomic E-state index is 12.7. The number of halogens is 5. The fourth-order valence-corrected chi connectivity index (χ4v) is 1.26. The Balaban J connectivity index is 3.41. The number of carbonyl (C=O) groups excluding carboxylic acids is 1. The number of hydrogen-bond donors (Lipinski definition) is 0. The summed E-state index contributed by atoms with van der Waals surface area (Å²) >= 11 is 0. The van der Waals surface area contributed by atoms with E-state index in [-0.39, 0.29) is 0 Å². The van der Waals surface area contributed by atoms with Crippen LogP contribution < -0.4 is 9.47 Å². The van der Waals surface area contributed by atoms with Gasteiger partial charge in [-0.1, -0.05) is 0 Å². The molecule has 0 radical (unpaired) electrons. The second kappa shape index (κ2) is 5.88. The molecule has 0 fully saturated rings. The summed E-state index contributed by atoms with van der Waals surface area (Å²) in [6.45, 7) is 0. The topological polar surface area (TPSA) is 57.7 Å². The summed E-state index contributed by atoms with van der Waals surface area (Å²) in [6.07, 6.45) is -8.55. The highest BCUT2D eigenvalue weighted by Gasteiger charge is 2.35.